The van der Waals surface area contributed by atoms with E-state index in [9.17, 15) is 13.2 Å². The van der Waals surface area contributed by atoms with Crippen LogP contribution in [0.1, 0.15) is 11.5 Å². The van der Waals surface area contributed by atoms with E-state index in [-0.39, 0.29) is 29.5 Å². The number of nitrogens with two attached hydrogens (primary N) is 1. The smallest absolute Gasteiger partial charge is 0.312 e. The Morgan fingerprint density at radius 1 is 1.42 bits per heavy atom. The van der Waals surface area contributed by atoms with Crippen LogP contribution >= 0.6 is 0 Å². The molecule has 0 amide bonds. The van der Waals surface area contributed by atoms with Gasteiger partial charge in [-0.15, -0.1) is 0 Å². The number of hydrogen-bond donors (Lipinski definition) is 2. The third kappa shape index (κ3) is 2.49. The minimum absolute atomic E-state index is 0.0254. The van der Waals surface area contributed by atoms with Crippen LogP contribution in [0, 0.1) is 0 Å². The number of carboxylic acid groups (broad SMARTS) is 1. The Balaban J connectivity index is 2.67. The Labute approximate surface area is 109 Å². The number of fused-ring (bicyclic) bond motifs is 1. The summed E-state index contributed by atoms with van der Waals surface area (Å²) >= 11 is 0. The molecule has 104 valence electrons. The molecule has 0 aliphatic carbocycles. The largest absolute Gasteiger partial charge is 0.481 e. The normalized spacial score (nSPS) is 15.3. The van der Waals surface area contributed by atoms with Crippen molar-refractivity contribution in [1.29, 1.82) is 0 Å². The Morgan fingerprint density at radius 2 is 2.00 bits per heavy atom. The average molecular weight is 287 g/mol. The monoisotopic (exact) mass is 287 g/mol. The van der Waals surface area contributed by atoms with Crippen molar-refractivity contribution >= 4 is 15.8 Å². The van der Waals surface area contributed by atoms with Gasteiger partial charge < -0.3 is 20.3 Å². The molecule has 1 aromatic rings. The quantitative estimate of drug-likeness (QED) is 0.797. The first-order chi connectivity index (χ1) is 8.84. The summed E-state index contributed by atoms with van der Waals surface area (Å²) in [6.45, 7) is -0.236. The minimum atomic E-state index is -3.60. The second-order valence-corrected chi connectivity index (χ2v) is 6.13. The highest BCUT2D eigenvalue weighted by Crippen LogP contribution is 2.39. The lowest BCUT2D eigenvalue weighted by Crippen LogP contribution is -2.23. The molecule has 3 N–H and O–H groups in total. The summed E-state index contributed by atoms with van der Waals surface area (Å²) in [5.74, 6) is -1.70. The molecule has 19 heavy (non-hydrogen) atoms. The fourth-order valence-electron chi connectivity index (χ4n) is 1.89. The summed E-state index contributed by atoms with van der Waals surface area (Å²) in [5, 5.41) is 9.12. The van der Waals surface area contributed by atoms with Gasteiger partial charge in [0.15, 0.2) is 21.3 Å². The summed E-state index contributed by atoms with van der Waals surface area (Å²) in [6.07, 6.45) is 1.00. The number of carbonyl (C=O) groups is 1. The van der Waals surface area contributed by atoms with Gasteiger partial charge in [0.1, 0.15) is 0 Å². The van der Waals surface area contributed by atoms with Crippen LogP contribution < -0.4 is 15.2 Å². The van der Waals surface area contributed by atoms with Gasteiger partial charge in [-0.1, -0.05) is 0 Å². The van der Waals surface area contributed by atoms with Crippen LogP contribution in [0.5, 0.6) is 11.5 Å². The maximum Gasteiger partial charge on any atom is 0.312 e. The lowest BCUT2D eigenvalue weighted by molar-refractivity contribution is -0.138. The number of benzene rings is 1. The van der Waals surface area contributed by atoms with Crippen molar-refractivity contribution in [1.82, 2.24) is 0 Å². The summed E-state index contributed by atoms with van der Waals surface area (Å²) in [6, 6.07) is 2.64. The van der Waals surface area contributed by atoms with E-state index in [1.165, 1.54) is 12.1 Å². The summed E-state index contributed by atoms with van der Waals surface area (Å²) < 4.78 is 33.8. The lowest BCUT2D eigenvalue weighted by Gasteiger charge is -2.15. The number of hydrogen-bond acceptors (Lipinski definition) is 6. The third-order valence-corrected chi connectivity index (χ3v) is 3.97. The topological polar surface area (TPSA) is 116 Å². The van der Waals surface area contributed by atoms with Gasteiger partial charge in [-0.2, -0.15) is 0 Å². The highest BCUT2D eigenvalue weighted by molar-refractivity contribution is 7.90. The molecular weight excluding hydrogens is 274 g/mol. The van der Waals surface area contributed by atoms with Crippen molar-refractivity contribution in [3.8, 4) is 11.5 Å². The summed E-state index contributed by atoms with van der Waals surface area (Å²) in [4.78, 5) is 11.1. The van der Waals surface area contributed by atoms with Crippen LogP contribution in [0.2, 0.25) is 0 Å². The van der Waals surface area contributed by atoms with Gasteiger partial charge >= 0.3 is 5.97 Å². The highest BCUT2D eigenvalue weighted by atomic mass is 32.2. The van der Waals surface area contributed by atoms with E-state index in [0.717, 1.165) is 6.26 Å². The van der Waals surface area contributed by atoms with E-state index in [0.29, 0.717) is 5.75 Å². The SMILES string of the molecule is CS(=O)(=O)c1cc2c(cc1C(CN)C(=O)O)OCO2. The van der Waals surface area contributed by atoms with Crippen LogP contribution in [-0.2, 0) is 14.6 Å². The molecule has 1 aliphatic rings. The van der Waals surface area contributed by atoms with Crippen molar-refractivity contribution in [3.63, 3.8) is 0 Å². The van der Waals surface area contributed by atoms with Crippen LogP contribution in [-0.4, -0.2) is 39.1 Å². The van der Waals surface area contributed by atoms with Crippen molar-refractivity contribution < 1.29 is 27.8 Å². The van der Waals surface area contributed by atoms with E-state index < -0.39 is 21.7 Å². The van der Waals surface area contributed by atoms with E-state index in [2.05, 4.69) is 0 Å². The second kappa shape index (κ2) is 4.71. The molecule has 1 unspecified atom stereocenters. The van der Waals surface area contributed by atoms with Crippen LogP contribution in [0.15, 0.2) is 17.0 Å². The van der Waals surface area contributed by atoms with Crippen LogP contribution in [0.4, 0.5) is 0 Å². The Kier molecular flexibility index (Phi) is 3.38. The molecule has 0 radical (unpaired) electrons. The average Bonchev–Trinajstić information content (AvgIpc) is 2.74. The zero-order valence-corrected chi connectivity index (χ0v) is 10.9. The molecule has 1 atom stereocenters. The molecule has 0 saturated heterocycles. The molecule has 0 fully saturated rings. The van der Waals surface area contributed by atoms with Crippen molar-refractivity contribution in [3.05, 3.63) is 17.7 Å². The van der Waals surface area contributed by atoms with Gasteiger partial charge in [0.05, 0.1) is 10.8 Å². The lowest BCUT2D eigenvalue weighted by atomic mass is 9.99. The number of ether oxygens (including phenoxy) is 2. The van der Waals surface area contributed by atoms with Crippen molar-refractivity contribution in [2.45, 2.75) is 10.8 Å². The van der Waals surface area contributed by atoms with E-state index in [4.69, 9.17) is 20.3 Å². The Morgan fingerprint density at radius 3 is 2.47 bits per heavy atom. The molecule has 0 saturated carbocycles. The van der Waals surface area contributed by atoms with Gasteiger partial charge in [0, 0.05) is 18.9 Å². The fraction of sp³-hybridized carbons (Fsp3) is 0.364. The molecule has 0 aromatic heterocycles. The van der Waals surface area contributed by atoms with E-state index >= 15 is 0 Å². The van der Waals surface area contributed by atoms with Gasteiger partial charge in [0.2, 0.25) is 6.79 Å². The predicted octanol–water partition coefficient (Wildman–Crippen LogP) is -0.0543. The number of carboxylic acids is 1. The maximum atomic E-state index is 11.8. The number of rotatable bonds is 4. The molecule has 1 aliphatic heterocycles. The minimum Gasteiger partial charge on any atom is -0.481 e. The van der Waals surface area contributed by atoms with Gasteiger partial charge in [-0.3, -0.25) is 4.79 Å². The molecule has 7 nitrogen and oxygen atoms in total. The van der Waals surface area contributed by atoms with Crippen LogP contribution in [0.25, 0.3) is 0 Å². The molecule has 1 heterocycles. The Hall–Kier alpha value is -1.80. The van der Waals surface area contributed by atoms with Gasteiger partial charge in [-0.05, 0) is 11.6 Å². The molecule has 1 aromatic carbocycles. The first kappa shape index (κ1) is 13.6. The number of aliphatic carboxylic acids is 1. The zero-order valence-electron chi connectivity index (χ0n) is 10.1. The predicted molar refractivity (Wildman–Crippen MR) is 65.1 cm³/mol. The molecular formula is C11H13NO6S. The van der Waals surface area contributed by atoms with Gasteiger partial charge in [-0.25, -0.2) is 8.42 Å². The first-order valence-electron chi connectivity index (χ1n) is 5.41. The molecule has 0 spiro atoms. The standard InChI is InChI=1S/C11H13NO6S/c1-19(15,16)10-3-9-8(17-5-18-9)2-6(10)7(4-12)11(13)14/h2-3,7H,4-5,12H2,1H3,(H,13,14). The summed E-state index contributed by atoms with van der Waals surface area (Å²) in [5.41, 5.74) is 5.53. The fourth-order valence-corrected chi connectivity index (χ4v) is 2.84. The van der Waals surface area contributed by atoms with Crippen molar-refractivity contribution in [2.24, 2.45) is 5.73 Å². The van der Waals surface area contributed by atoms with Gasteiger partial charge in [0.25, 0.3) is 0 Å². The van der Waals surface area contributed by atoms with Crippen molar-refractivity contribution in [2.75, 3.05) is 19.6 Å². The number of sulfone groups is 1. The molecule has 2 rings (SSSR count). The Bertz CT molecular complexity index is 624. The van der Waals surface area contributed by atoms with E-state index in [1.807, 2.05) is 0 Å². The van der Waals surface area contributed by atoms with E-state index in [1.54, 1.807) is 0 Å². The first-order valence-corrected chi connectivity index (χ1v) is 7.30. The van der Waals surface area contributed by atoms with Crippen LogP contribution in [0.3, 0.4) is 0 Å². The molecule has 0 bridgehead atoms. The third-order valence-electron chi connectivity index (χ3n) is 2.81. The maximum absolute atomic E-state index is 11.8. The molecule has 8 heteroatoms. The highest BCUT2D eigenvalue weighted by Gasteiger charge is 2.29. The zero-order chi connectivity index (χ0) is 14.2. The summed E-state index contributed by atoms with van der Waals surface area (Å²) in [7, 11) is -3.60. The second-order valence-electron chi connectivity index (χ2n) is 4.14.